The van der Waals surface area contributed by atoms with Crippen LogP contribution in [0.15, 0.2) is 6.07 Å². The van der Waals surface area contributed by atoms with Gasteiger partial charge in [-0.1, -0.05) is 0 Å². The van der Waals surface area contributed by atoms with Gasteiger partial charge in [-0.15, -0.1) is 0 Å². The molecular formula is C9H9F5N2O. The number of aromatic nitrogens is 1. The number of hydrogen-bond donors (Lipinski definition) is 1. The largest absolute Gasteiger partial charge is 0.481 e. The Morgan fingerprint density at radius 1 is 1.41 bits per heavy atom. The molecule has 0 unspecified atom stereocenters. The molecule has 0 aliphatic heterocycles. The molecule has 0 bridgehead atoms. The lowest BCUT2D eigenvalue weighted by Crippen LogP contribution is -2.14. The molecule has 0 aromatic carbocycles. The van der Waals surface area contributed by atoms with Gasteiger partial charge < -0.3 is 10.5 Å². The Hall–Kier alpha value is -1.44. The molecule has 0 fully saturated rings. The van der Waals surface area contributed by atoms with Crippen molar-refractivity contribution in [1.82, 2.24) is 4.98 Å². The van der Waals surface area contributed by atoms with Crippen LogP contribution in [0.5, 0.6) is 5.88 Å². The second-order valence-corrected chi connectivity index (χ2v) is 3.09. The number of nitrogens with zero attached hydrogens (tertiary/aromatic N) is 1. The lowest BCUT2D eigenvalue weighted by atomic mass is 10.1. The average Bonchev–Trinajstić information content (AvgIpc) is 2.25. The van der Waals surface area contributed by atoms with Crippen LogP contribution in [0, 0.1) is 0 Å². The summed E-state index contributed by atoms with van der Waals surface area (Å²) in [6.45, 7) is -0.459. The van der Waals surface area contributed by atoms with Gasteiger partial charge in [0.2, 0.25) is 5.88 Å². The van der Waals surface area contributed by atoms with Crippen LogP contribution in [0.2, 0.25) is 0 Å². The monoisotopic (exact) mass is 256 g/mol. The van der Waals surface area contributed by atoms with Gasteiger partial charge in [-0.3, -0.25) is 0 Å². The summed E-state index contributed by atoms with van der Waals surface area (Å²) in [4.78, 5) is 3.16. The molecule has 0 aliphatic rings. The molecule has 0 spiro atoms. The fourth-order valence-electron chi connectivity index (χ4n) is 1.26. The Kier molecular flexibility index (Phi) is 3.87. The molecule has 0 radical (unpaired) electrons. The van der Waals surface area contributed by atoms with Crippen LogP contribution in [0.25, 0.3) is 0 Å². The highest BCUT2D eigenvalue weighted by molar-refractivity contribution is 5.37. The van der Waals surface area contributed by atoms with E-state index in [1.54, 1.807) is 0 Å². The maximum atomic E-state index is 12.5. The summed E-state index contributed by atoms with van der Waals surface area (Å²) in [7, 11) is 0.926. The summed E-state index contributed by atoms with van der Waals surface area (Å²) >= 11 is 0. The van der Waals surface area contributed by atoms with E-state index in [1.165, 1.54) is 0 Å². The highest BCUT2D eigenvalue weighted by Gasteiger charge is 2.36. The SMILES string of the molecule is COc1nc(C(F)F)c(CN)cc1C(F)(F)F. The van der Waals surface area contributed by atoms with Gasteiger partial charge in [-0.05, 0) is 11.6 Å². The van der Waals surface area contributed by atoms with Crippen molar-refractivity contribution >= 4 is 0 Å². The van der Waals surface area contributed by atoms with Crippen molar-refractivity contribution in [2.24, 2.45) is 5.73 Å². The summed E-state index contributed by atoms with van der Waals surface area (Å²) in [5.74, 6) is -0.884. The van der Waals surface area contributed by atoms with E-state index in [9.17, 15) is 22.0 Å². The van der Waals surface area contributed by atoms with Crippen molar-refractivity contribution in [2.45, 2.75) is 19.1 Å². The third kappa shape index (κ3) is 2.82. The second-order valence-electron chi connectivity index (χ2n) is 3.09. The number of rotatable bonds is 3. The zero-order chi connectivity index (χ0) is 13.2. The van der Waals surface area contributed by atoms with Crippen molar-refractivity contribution in [3.63, 3.8) is 0 Å². The van der Waals surface area contributed by atoms with Gasteiger partial charge in [0.15, 0.2) is 0 Å². The number of hydrogen-bond acceptors (Lipinski definition) is 3. The molecule has 1 aromatic rings. The lowest BCUT2D eigenvalue weighted by molar-refractivity contribution is -0.139. The number of halogens is 5. The zero-order valence-corrected chi connectivity index (χ0v) is 8.68. The minimum atomic E-state index is -4.73. The van der Waals surface area contributed by atoms with E-state index >= 15 is 0 Å². The molecule has 0 amide bonds. The minimum Gasteiger partial charge on any atom is -0.481 e. The van der Waals surface area contributed by atoms with Gasteiger partial charge in [0.25, 0.3) is 6.43 Å². The third-order valence-corrected chi connectivity index (χ3v) is 2.03. The molecule has 1 aromatic heterocycles. The molecule has 0 saturated heterocycles. The van der Waals surface area contributed by atoms with Crippen LogP contribution in [0.3, 0.4) is 0 Å². The van der Waals surface area contributed by atoms with E-state index in [-0.39, 0.29) is 5.56 Å². The number of nitrogens with two attached hydrogens (primary N) is 1. The van der Waals surface area contributed by atoms with Crippen molar-refractivity contribution in [3.8, 4) is 5.88 Å². The van der Waals surface area contributed by atoms with Gasteiger partial charge >= 0.3 is 6.18 Å². The predicted octanol–water partition coefficient (Wildman–Crippen LogP) is 2.51. The predicted molar refractivity (Wildman–Crippen MR) is 48.6 cm³/mol. The molecule has 3 nitrogen and oxygen atoms in total. The van der Waals surface area contributed by atoms with Gasteiger partial charge in [-0.2, -0.15) is 13.2 Å². The Morgan fingerprint density at radius 2 is 2.00 bits per heavy atom. The Labute approximate surface area is 93.4 Å². The first-order valence-electron chi connectivity index (χ1n) is 4.44. The standard InChI is InChI=1S/C9H9F5N2O/c1-17-8-5(9(12,13)14)2-4(3-15)6(16-8)7(10)11/h2,7H,3,15H2,1H3. The number of pyridine rings is 1. The normalized spacial score (nSPS) is 12.0. The summed E-state index contributed by atoms with van der Waals surface area (Å²) in [6.07, 6.45) is -7.74. The Bertz CT molecular complexity index is 405. The number of alkyl halides is 5. The molecule has 0 saturated carbocycles. The summed E-state index contributed by atoms with van der Waals surface area (Å²) in [5.41, 5.74) is 2.75. The third-order valence-electron chi connectivity index (χ3n) is 2.03. The van der Waals surface area contributed by atoms with Crippen LogP contribution in [0.1, 0.15) is 23.2 Å². The molecule has 96 valence electrons. The molecule has 1 rings (SSSR count). The summed E-state index contributed by atoms with van der Waals surface area (Å²) in [6, 6.07) is 0.535. The van der Waals surface area contributed by atoms with Crippen molar-refractivity contribution in [2.75, 3.05) is 7.11 Å². The molecular weight excluding hydrogens is 247 g/mol. The highest BCUT2D eigenvalue weighted by atomic mass is 19.4. The Morgan fingerprint density at radius 3 is 2.35 bits per heavy atom. The van der Waals surface area contributed by atoms with Crippen LogP contribution in [-0.2, 0) is 12.7 Å². The topological polar surface area (TPSA) is 48.1 Å². The summed E-state index contributed by atoms with van der Waals surface area (Å²) < 4.78 is 67.0. The van der Waals surface area contributed by atoms with Gasteiger partial charge in [0.05, 0.1) is 7.11 Å². The summed E-state index contributed by atoms with van der Waals surface area (Å²) in [5, 5.41) is 0. The van der Waals surface area contributed by atoms with Crippen LogP contribution in [-0.4, -0.2) is 12.1 Å². The van der Waals surface area contributed by atoms with E-state index in [4.69, 9.17) is 5.73 Å². The number of methoxy groups -OCH3 is 1. The fourth-order valence-corrected chi connectivity index (χ4v) is 1.26. The van der Waals surface area contributed by atoms with Crippen molar-refractivity contribution < 1.29 is 26.7 Å². The molecule has 0 aliphatic carbocycles. The zero-order valence-electron chi connectivity index (χ0n) is 8.68. The number of ether oxygens (including phenoxy) is 1. The first kappa shape index (κ1) is 13.6. The van der Waals surface area contributed by atoms with Crippen LogP contribution < -0.4 is 10.5 Å². The van der Waals surface area contributed by atoms with E-state index < -0.39 is 36.3 Å². The van der Waals surface area contributed by atoms with E-state index in [2.05, 4.69) is 9.72 Å². The minimum absolute atomic E-state index is 0.354. The first-order valence-corrected chi connectivity index (χ1v) is 4.44. The molecule has 0 atom stereocenters. The highest BCUT2D eigenvalue weighted by Crippen LogP contribution is 2.37. The maximum absolute atomic E-state index is 12.5. The first-order chi connectivity index (χ1) is 7.81. The van der Waals surface area contributed by atoms with Crippen molar-refractivity contribution in [1.29, 1.82) is 0 Å². The van der Waals surface area contributed by atoms with E-state index in [0.717, 1.165) is 7.11 Å². The van der Waals surface area contributed by atoms with Crippen LogP contribution in [0.4, 0.5) is 22.0 Å². The van der Waals surface area contributed by atoms with Gasteiger partial charge in [0, 0.05) is 6.54 Å². The quantitative estimate of drug-likeness (QED) is 0.845. The Balaban J connectivity index is 3.44. The van der Waals surface area contributed by atoms with Gasteiger partial charge in [-0.25, -0.2) is 13.8 Å². The molecule has 2 N–H and O–H groups in total. The molecule has 1 heterocycles. The average molecular weight is 256 g/mol. The second kappa shape index (κ2) is 4.82. The lowest BCUT2D eigenvalue weighted by Gasteiger charge is -2.15. The molecule has 8 heteroatoms. The van der Waals surface area contributed by atoms with E-state index in [0.29, 0.717) is 6.07 Å². The van der Waals surface area contributed by atoms with Crippen LogP contribution >= 0.6 is 0 Å². The van der Waals surface area contributed by atoms with Gasteiger partial charge in [0.1, 0.15) is 11.3 Å². The smallest absolute Gasteiger partial charge is 0.421 e. The molecule has 17 heavy (non-hydrogen) atoms. The van der Waals surface area contributed by atoms with Crippen molar-refractivity contribution in [3.05, 3.63) is 22.9 Å². The van der Waals surface area contributed by atoms with E-state index in [1.807, 2.05) is 0 Å². The maximum Gasteiger partial charge on any atom is 0.421 e. The fraction of sp³-hybridized carbons (Fsp3) is 0.444.